The van der Waals surface area contributed by atoms with E-state index in [1.165, 1.54) is 18.4 Å². The van der Waals surface area contributed by atoms with E-state index >= 15 is 0 Å². The molecule has 1 saturated heterocycles. The average Bonchev–Trinajstić information content (AvgIpc) is 3.39. The molecule has 3 aromatic rings. The molecule has 0 bridgehead atoms. The minimum Gasteiger partial charge on any atom is -0.349 e. The van der Waals surface area contributed by atoms with Crippen molar-refractivity contribution in [1.82, 2.24) is 25.2 Å². The summed E-state index contributed by atoms with van der Waals surface area (Å²) in [5.41, 5.74) is 4.24. The van der Waals surface area contributed by atoms with Crippen LogP contribution in [0, 0.1) is 13.8 Å². The van der Waals surface area contributed by atoms with Gasteiger partial charge in [0.1, 0.15) is 0 Å². The molecule has 1 aromatic heterocycles. The lowest BCUT2D eigenvalue weighted by Crippen LogP contribution is -2.37. The number of nitrogens with one attached hydrogen (secondary N) is 1. The van der Waals surface area contributed by atoms with E-state index in [9.17, 15) is 4.79 Å². The third-order valence-corrected chi connectivity index (χ3v) is 5.89. The van der Waals surface area contributed by atoms with E-state index in [4.69, 9.17) is 11.6 Å². The third-order valence-electron chi connectivity index (χ3n) is 5.66. The Morgan fingerprint density at radius 2 is 1.87 bits per heavy atom. The molecule has 1 N–H and O–H groups in total. The van der Waals surface area contributed by atoms with Crippen molar-refractivity contribution >= 4 is 17.5 Å². The molecule has 1 unspecified atom stereocenters. The van der Waals surface area contributed by atoms with E-state index in [2.05, 4.69) is 26.6 Å². The van der Waals surface area contributed by atoms with Crippen LogP contribution in [0.5, 0.6) is 0 Å². The number of aryl methyl sites for hydroxylation is 1. The molecular formula is C23H26ClN5O. The van der Waals surface area contributed by atoms with Crippen LogP contribution >= 0.6 is 11.6 Å². The first kappa shape index (κ1) is 20.6. The maximum Gasteiger partial charge on any atom is 0.273 e. The van der Waals surface area contributed by atoms with Crippen LogP contribution in [0.25, 0.3) is 5.69 Å². The molecule has 1 fully saturated rings. The fourth-order valence-electron chi connectivity index (χ4n) is 3.97. The number of amides is 1. The van der Waals surface area contributed by atoms with Gasteiger partial charge in [-0.05, 0) is 69.6 Å². The molecule has 2 heterocycles. The van der Waals surface area contributed by atoms with E-state index in [1.54, 1.807) is 4.68 Å². The van der Waals surface area contributed by atoms with Gasteiger partial charge in [0, 0.05) is 11.6 Å². The Balaban J connectivity index is 1.50. The number of rotatable bonds is 6. The van der Waals surface area contributed by atoms with Crippen molar-refractivity contribution < 1.29 is 4.79 Å². The van der Waals surface area contributed by atoms with Gasteiger partial charge in [0.05, 0.1) is 17.4 Å². The first-order valence-corrected chi connectivity index (χ1v) is 10.7. The van der Waals surface area contributed by atoms with Crippen LogP contribution in [-0.4, -0.2) is 45.4 Å². The van der Waals surface area contributed by atoms with Crippen LogP contribution < -0.4 is 5.32 Å². The van der Waals surface area contributed by atoms with Crippen molar-refractivity contribution in [2.45, 2.75) is 32.7 Å². The van der Waals surface area contributed by atoms with Gasteiger partial charge in [-0.1, -0.05) is 46.6 Å². The fourth-order valence-corrected chi connectivity index (χ4v) is 4.17. The van der Waals surface area contributed by atoms with Crippen molar-refractivity contribution in [2.75, 3.05) is 19.6 Å². The Bertz CT molecular complexity index is 1020. The number of halogens is 1. The molecule has 0 radical (unpaired) electrons. The molecule has 30 heavy (non-hydrogen) atoms. The second kappa shape index (κ2) is 8.98. The highest BCUT2D eigenvalue weighted by Gasteiger charge is 2.25. The second-order valence-corrected chi connectivity index (χ2v) is 8.23. The number of nitrogens with zero attached hydrogens (tertiary/aromatic N) is 4. The first-order chi connectivity index (χ1) is 14.5. The Labute approximate surface area is 181 Å². The number of carbonyl (C=O) groups excluding carboxylic acids is 1. The summed E-state index contributed by atoms with van der Waals surface area (Å²) in [7, 11) is 0. The Morgan fingerprint density at radius 3 is 2.57 bits per heavy atom. The van der Waals surface area contributed by atoms with Crippen LogP contribution in [0.1, 0.15) is 46.2 Å². The highest BCUT2D eigenvalue weighted by molar-refractivity contribution is 6.30. The summed E-state index contributed by atoms with van der Waals surface area (Å²) in [6.45, 7) is 6.44. The molecule has 0 saturated carbocycles. The Morgan fingerprint density at radius 1 is 1.13 bits per heavy atom. The Hall–Kier alpha value is -2.70. The maximum atomic E-state index is 12.9. The summed E-state index contributed by atoms with van der Waals surface area (Å²) < 4.78 is 1.70. The molecule has 1 atom stereocenters. The number of carbonyl (C=O) groups is 1. The van der Waals surface area contributed by atoms with Gasteiger partial charge >= 0.3 is 0 Å². The number of hydrogen-bond donors (Lipinski definition) is 1. The molecule has 1 aliphatic rings. The van der Waals surface area contributed by atoms with Gasteiger partial charge in [-0.15, -0.1) is 5.10 Å². The van der Waals surface area contributed by atoms with E-state index < -0.39 is 0 Å². The molecule has 0 spiro atoms. The lowest BCUT2D eigenvalue weighted by Gasteiger charge is -2.28. The molecule has 6 nitrogen and oxygen atoms in total. The van der Waals surface area contributed by atoms with Crippen LogP contribution in [-0.2, 0) is 0 Å². The van der Waals surface area contributed by atoms with Gasteiger partial charge < -0.3 is 5.32 Å². The quantitative estimate of drug-likeness (QED) is 0.648. The van der Waals surface area contributed by atoms with Gasteiger partial charge in [0.15, 0.2) is 5.69 Å². The van der Waals surface area contributed by atoms with E-state index in [0.29, 0.717) is 17.3 Å². The van der Waals surface area contributed by atoms with Crippen LogP contribution in [0.2, 0.25) is 5.02 Å². The lowest BCUT2D eigenvalue weighted by molar-refractivity contribution is 0.0932. The van der Waals surface area contributed by atoms with Gasteiger partial charge in [-0.2, -0.15) is 0 Å². The normalized spacial score (nSPS) is 15.3. The van der Waals surface area contributed by atoms with Crippen LogP contribution in [0.15, 0.2) is 48.5 Å². The summed E-state index contributed by atoms with van der Waals surface area (Å²) in [5, 5.41) is 12.1. The van der Waals surface area contributed by atoms with Gasteiger partial charge in [-0.3, -0.25) is 9.69 Å². The van der Waals surface area contributed by atoms with E-state index in [-0.39, 0.29) is 11.9 Å². The molecular weight excluding hydrogens is 398 g/mol. The van der Waals surface area contributed by atoms with Crippen LogP contribution in [0.4, 0.5) is 0 Å². The Kier molecular flexibility index (Phi) is 6.16. The molecule has 156 valence electrons. The lowest BCUT2D eigenvalue weighted by atomic mass is 10.1. The van der Waals surface area contributed by atoms with Crippen molar-refractivity contribution in [3.63, 3.8) is 0 Å². The average molecular weight is 424 g/mol. The van der Waals surface area contributed by atoms with Crippen molar-refractivity contribution in [3.8, 4) is 5.69 Å². The number of benzene rings is 2. The zero-order valence-corrected chi connectivity index (χ0v) is 18.1. The van der Waals surface area contributed by atoms with Gasteiger partial charge in [-0.25, -0.2) is 4.68 Å². The molecule has 1 aliphatic heterocycles. The minimum atomic E-state index is -0.211. The number of aromatic nitrogens is 3. The molecule has 2 aromatic carbocycles. The molecule has 7 heteroatoms. The van der Waals surface area contributed by atoms with Gasteiger partial charge in [0.2, 0.25) is 0 Å². The van der Waals surface area contributed by atoms with E-state index in [1.807, 2.05) is 56.3 Å². The van der Waals surface area contributed by atoms with Crippen molar-refractivity contribution in [2.24, 2.45) is 0 Å². The molecule has 4 rings (SSSR count). The number of hydrogen-bond acceptors (Lipinski definition) is 4. The predicted octanol–water partition coefficient (Wildman–Crippen LogP) is 4.10. The summed E-state index contributed by atoms with van der Waals surface area (Å²) in [5.74, 6) is -0.211. The topological polar surface area (TPSA) is 63.1 Å². The minimum absolute atomic E-state index is 0.0857. The van der Waals surface area contributed by atoms with Crippen LogP contribution in [0.3, 0.4) is 0 Å². The van der Waals surface area contributed by atoms with Crippen molar-refractivity contribution in [1.29, 1.82) is 0 Å². The zero-order valence-electron chi connectivity index (χ0n) is 17.3. The standard InChI is InChI=1S/C23H26ClN5O/c1-16-8-10-20(11-9-16)29-17(2)22(26-27-29)23(30)25-15-21(28-12-3-4-13-28)18-6-5-7-19(24)14-18/h5-11,14,21H,3-4,12-13,15H2,1-2H3,(H,25,30). The largest absolute Gasteiger partial charge is 0.349 e. The molecule has 0 aliphatic carbocycles. The number of likely N-dealkylation sites (tertiary alicyclic amines) is 1. The zero-order chi connectivity index (χ0) is 21.1. The first-order valence-electron chi connectivity index (χ1n) is 10.3. The maximum absolute atomic E-state index is 12.9. The van der Waals surface area contributed by atoms with E-state index in [0.717, 1.165) is 30.0 Å². The third kappa shape index (κ3) is 4.40. The second-order valence-electron chi connectivity index (χ2n) is 7.79. The SMILES string of the molecule is Cc1ccc(-n2nnc(C(=O)NCC(c3cccc(Cl)c3)N3CCCC3)c2C)cc1. The monoisotopic (exact) mass is 423 g/mol. The smallest absolute Gasteiger partial charge is 0.273 e. The molecule has 1 amide bonds. The summed E-state index contributed by atoms with van der Waals surface area (Å²) in [6, 6.07) is 15.9. The summed E-state index contributed by atoms with van der Waals surface area (Å²) in [6.07, 6.45) is 2.35. The highest BCUT2D eigenvalue weighted by Crippen LogP contribution is 2.26. The van der Waals surface area contributed by atoms with Crippen molar-refractivity contribution in [3.05, 3.63) is 76.1 Å². The predicted molar refractivity (Wildman–Crippen MR) is 118 cm³/mol. The summed E-state index contributed by atoms with van der Waals surface area (Å²) in [4.78, 5) is 15.3. The summed E-state index contributed by atoms with van der Waals surface area (Å²) >= 11 is 6.22. The van der Waals surface area contributed by atoms with Gasteiger partial charge in [0.25, 0.3) is 5.91 Å². The highest BCUT2D eigenvalue weighted by atomic mass is 35.5. The fraction of sp³-hybridized carbons (Fsp3) is 0.348.